The number of aliphatic imine (C=N–C) groups is 1. The molecule has 2 heterocycles. The predicted octanol–water partition coefficient (Wildman–Crippen LogP) is 4.80. The van der Waals surface area contributed by atoms with Gasteiger partial charge in [0.2, 0.25) is 0 Å². The Hall–Kier alpha value is -3.47. The second kappa shape index (κ2) is 9.05. The second-order valence-electron chi connectivity index (χ2n) is 7.76. The fraction of sp³-hybridized carbons (Fsp3) is 0.261. The van der Waals surface area contributed by atoms with Gasteiger partial charge in [-0.1, -0.05) is 17.7 Å². The van der Waals surface area contributed by atoms with E-state index in [0.717, 1.165) is 17.8 Å². The fourth-order valence-corrected chi connectivity index (χ4v) is 4.34. The Morgan fingerprint density at radius 1 is 1.18 bits per heavy atom. The number of rotatable bonds is 5. The average Bonchev–Trinajstić information content (AvgIpc) is 3.07. The zero-order valence-corrected chi connectivity index (χ0v) is 18.9. The maximum atomic E-state index is 13.4. The van der Waals surface area contributed by atoms with E-state index in [1.165, 1.54) is 25.3 Å². The van der Waals surface area contributed by atoms with Crippen LogP contribution in [0.1, 0.15) is 16.7 Å². The third kappa shape index (κ3) is 4.89. The first-order valence-electron chi connectivity index (χ1n) is 10.1. The number of carbonyl (C=O) groups is 2. The van der Waals surface area contributed by atoms with Crippen LogP contribution in [0.3, 0.4) is 0 Å². The van der Waals surface area contributed by atoms with Crippen LogP contribution in [0.25, 0.3) is 6.08 Å². The zero-order chi connectivity index (χ0) is 24.6. The first-order valence-corrected chi connectivity index (χ1v) is 10.9. The Morgan fingerprint density at radius 3 is 2.53 bits per heavy atom. The number of amides is 1. The van der Waals surface area contributed by atoms with Crippen molar-refractivity contribution < 1.29 is 37.3 Å². The number of carboxylic acid groups (broad SMARTS) is 1. The highest BCUT2D eigenvalue weighted by molar-refractivity contribution is 8.18. The molecule has 2 aliphatic rings. The maximum absolute atomic E-state index is 13.4. The van der Waals surface area contributed by atoms with E-state index in [0.29, 0.717) is 34.3 Å². The molecule has 2 aromatic rings. The van der Waals surface area contributed by atoms with E-state index < -0.39 is 29.5 Å². The average molecular weight is 492 g/mol. The molecule has 34 heavy (non-hydrogen) atoms. The normalized spacial score (nSPS) is 17.6. The number of benzene rings is 2. The third-order valence-corrected chi connectivity index (χ3v) is 6.30. The topological polar surface area (TPSA) is 88.4 Å². The van der Waals surface area contributed by atoms with Crippen molar-refractivity contribution in [3.05, 3.63) is 58.0 Å². The molecule has 1 amide bonds. The van der Waals surface area contributed by atoms with E-state index in [-0.39, 0.29) is 17.2 Å². The van der Waals surface area contributed by atoms with Crippen molar-refractivity contribution in [1.82, 2.24) is 4.90 Å². The Bertz CT molecular complexity index is 1220. The summed E-state index contributed by atoms with van der Waals surface area (Å²) in [6.07, 6.45) is -3.01. The zero-order valence-electron chi connectivity index (χ0n) is 18.0. The molecule has 178 valence electrons. The lowest BCUT2D eigenvalue weighted by Gasteiger charge is -2.37. The van der Waals surface area contributed by atoms with E-state index in [1.54, 1.807) is 30.0 Å². The number of amidine groups is 1. The van der Waals surface area contributed by atoms with Crippen molar-refractivity contribution in [2.75, 3.05) is 20.2 Å². The monoisotopic (exact) mass is 492 g/mol. The van der Waals surface area contributed by atoms with Gasteiger partial charge >= 0.3 is 12.1 Å². The number of hydrogen-bond donors (Lipinski definition) is 1. The largest absolute Gasteiger partial charge is 0.493 e. The number of ether oxygens (including phenoxy) is 2. The highest BCUT2D eigenvalue weighted by Crippen LogP contribution is 2.41. The van der Waals surface area contributed by atoms with Crippen LogP contribution in [0, 0.1) is 12.8 Å². The SMILES string of the molecule is COc1cc(/C=C2\SC(N3CC(C(=O)O)C3)=NC2=O)ccc1Oc1ccc(C)cc1C(F)(F)F. The molecular weight excluding hydrogens is 473 g/mol. The van der Waals surface area contributed by atoms with Gasteiger partial charge in [-0.2, -0.15) is 18.2 Å². The van der Waals surface area contributed by atoms with E-state index >= 15 is 0 Å². The molecule has 0 aliphatic carbocycles. The Morgan fingerprint density at radius 2 is 1.88 bits per heavy atom. The van der Waals surface area contributed by atoms with Gasteiger partial charge in [0, 0.05) is 13.1 Å². The Balaban J connectivity index is 1.52. The third-order valence-electron chi connectivity index (χ3n) is 5.26. The highest BCUT2D eigenvalue weighted by atomic mass is 32.2. The van der Waals surface area contributed by atoms with Gasteiger partial charge in [0.05, 0.1) is 23.5 Å². The Labute approximate surface area is 196 Å². The number of thioether (sulfide) groups is 1. The molecule has 1 saturated heterocycles. The van der Waals surface area contributed by atoms with Crippen LogP contribution in [0.15, 0.2) is 46.3 Å². The van der Waals surface area contributed by atoms with Gasteiger partial charge in [-0.15, -0.1) is 0 Å². The number of alkyl halides is 3. The minimum atomic E-state index is -4.59. The van der Waals surface area contributed by atoms with Crippen LogP contribution in [0.5, 0.6) is 17.2 Å². The first-order chi connectivity index (χ1) is 16.0. The Kier molecular flexibility index (Phi) is 6.30. The molecule has 0 saturated carbocycles. The molecule has 1 N–H and O–H groups in total. The van der Waals surface area contributed by atoms with Crippen molar-refractivity contribution in [3.63, 3.8) is 0 Å². The molecule has 0 unspecified atom stereocenters. The molecule has 0 radical (unpaired) electrons. The summed E-state index contributed by atoms with van der Waals surface area (Å²) in [5, 5.41) is 9.44. The molecule has 11 heteroatoms. The molecular formula is C23H19F3N2O5S. The smallest absolute Gasteiger partial charge is 0.419 e. The van der Waals surface area contributed by atoms with Crippen molar-refractivity contribution in [2.24, 2.45) is 10.9 Å². The van der Waals surface area contributed by atoms with Crippen molar-refractivity contribution in [2.45, 2.75) is 13.1 Å². The summed E-state index contributed by atoms with van der Waals surface area (Å²) in [7, 11) is 1.36. The fourth-order valence-electron chi connectivity index (χ4n) is 3.41. The molecule has 0 bridgehead atoms. The minimum Gasteiger partial charge on any atom is -0.493 e. The standard InChI is InChI=1S/C23H19F3N2O5S/c1-12-3-5-16(15(7-12)23(24,25)26)33-17-6-4-13(8-18(17)32-2)9-19-20(29)27-22(34-19)28-10-14(11-28)21(30)31/h3-9,14H,10-11H2,1-2H3,(H,30,31)/b19-9-. The molecule has 2 aromatic carbocycles. The molecule has 4 rings (SSSR count). The lowest BCUT2D eigenvalue weighted by molar-refractivity contribution is -0.145. The highest BCUT2D eigenvalue weighted by Gasteiger charge is 2.38. The van der Waals surface area contributed by atoms with Crippen molar-refractivity contribution >= 4 is 34.9 Å². The number of hydrogen-bond acceptors (Lipinski definition) is 6. The van der Waals surface area contributed by atoms with Crippen LogP contribution < -0.4 is 9.47 Å². The number of aryl methyl sites for hydroxylation is 1. The van der Waals surface area contributed by atoms with Gasteiger partial charge in [0.25, 0.3) is 5.91 Å². The number of halogens is 3. The minimum absolute atomic E-state index is 0.0848. The summed E-state index contributed by atoms with van der Waals surface area (Å²) < 4.78 is 51.1. The number of carbonyl (C=O) groups excluding carboxylic acids is 1. The molecule has 1 fully saturated rings. The first kappa shape index (κ1) is 23.7. The van der Waals surface area contributed by atoms with E-state index in [2.05, 4.69) is 4.99 Å². The number of likely N-dealkylation sites (tertiary alicyclic amines) is 1. The summed E-state index contributed by atoms with van der Waals surface area (Å²) in [6, 6.07) is 8.38. The van der Waals surface area contributed by atoms with Gasteiger partial charge in [-0.25, -0.2) is 0 Å². The summed E-state index contributed by atoms with van der Waals surface area (Å²) in [6.45, 7) is 2.15. The van der Waals surface area contributed by atoms with Crippen molar-refractivity contribution in [1.29, 1.82) is 0 Å². The quantitative estimate of drug-likeness (QED) is 0.600. The number of aliphatic carboxylic acids is 1. The predicted molar refractivity (Wildman–Crippen MR) is 120 cm³/mol. The van der Waals surface area contributed by atoms with E-state index in [4.69, 9.17) is 14.6 Å². The maximum Gasteiger partial charge on any atom is 0.419 e. The van der Waals surface area contributed by atoms with Crippen LogP contribution in [0.4, 0.5) is 13.2 Å². The van der Waals surface area contributed by atoms with E-state index in [1.807, 2.05) is 0 Å². The lowest BCUT2D eigenvalue weighted by atomic mass is 10.0. The van der Waals surface area contributed by atoms with Gasteiger partial charge < -0.3 is 19.5 Å². The van der Waals surface area contributed by atoms with Gasteiger partial charge in [0.1, 0.15) is 5.75 Å². The summed E-state index contributed by atoms with van der Waals surface area (Å²) in [5.74, 6) is -1.89. The number of methoxy groups -OCH3 is 1. The summed E-state index contributed by atoms with van der Waals surface area (Å²) in [5.41, 5.74) is 0.114. The van der Waals surface area contributed by atoms with Crippen LogP contribution in [0.2, 0.25) is 0 Å². The lowest BCUT2D eigenvalue weighted by Crippen LogP contribution is -2.51. The van der Waals surface area contributed by atoms with E-state index in [9.17, 15) is 22.8 Å². The van der Waals surface area contributed by atoms with Crippen molar-refractivity contribution in [3.8, 4) is 17.2 Å². The van der Waals surface area contributed by atoms with Crippen LogP contribution in [-0.4, -0.2) is 47.2 Å². The van der Waals surface area contributed by atoms with Crippen LogP contribution >= 0.6 is 11.8 Å². The summed E-state index contributed by atoms with van der Waals surface area (Å²) in [4.78, 5) is 29.3. The second-order valence-corrected chi connectivity index (χ2v) is 8.77. The molecule has 0 aromatic heterocycles. The molecule has 7 nitrogen and oxygen atoms in total. The van der Waals surface area contributed by atoms with Crippen LogP contribution in [-0.2, 0) is 15.8 Å². The van der Waals surface area contributed by atoms with Gasteiger partial charge in [-0.05, 0) is 54.6 Å². The summed E-state index contributed by atoms with van der Waals surface area (Å²) >= 11 is 1.14. The number of nitrogens with zero attached hydrogens (tertiary/aromatic N) is 2. The van der Waals surface area contributed by atoms with Gasteiger partial charge in [0.15, 0.2) is 16.7 Å². The van der Waals surface area contributed by atoms with Gasteiger partial charge in [-0.3, -0.25) is 9.59 Å². The molecule has 0 spiro atoms. The molecule has 0 atom stereocenters. The molecule has 2 aliphatic heterocycles. The number of carboxylic acids is 1.